The van der Waals surface area contributed by atoms with Gasteiger partial charge in [0.2, 0.25) is 0 Å². The second kappa shape index (κ2) is 5.01. The smallest absolute Gasteiger partial charge is 0.123 e. The fourth-order valence-corrected chi connectivity index (χ4v) is 3.31. The molecular formula is C18H17FN2. The molecule has 1 aromatic heterocycles. The topological polar surface area (TPSA) is 27.8 Å². The predicted octanol–water partition coefficient (Wildman–Crippen LogP) is 3.66. The number of nitrogens with one attached hydrogen (secondary N) is 2. The van der Waals surface area contributed by atoms with E-state index < -0.39 is 0 Å². The minimum absolute atomic E-state index is 0.187. The van der Waals surface area contributed by atoms with Gasteiger partial charge in [0.25, 0.3) is 0 Å². The number of halogens is 1. The average Bonchev–Trinajstić information content (AvgIpc) is 2.69. The summed E-state index contributed by atoms with van der Waals surface area (Å²) in [6.07, 6.45) is 2.04. The first-order chi connectivity index (χ1) is 10.3. The monoisotopic (exact) mass is 280 g/mol. The molecule has 0 bridgehead atoms. The van der Waals surface area contributed by atoms with E-state index >= 15 is 0 Å². The van der Waals surface area contributed by atoms with Gasteiger partial charge in [-0.05, 0) is 47.9 Å². The Hall–Kier alpha value is -2.13. The highest BCUT2D eigenvalue weighted by atomic mass is 19.1. The highest BCUT2D eigenvalue weighted by molar-refractivity contribution is 5.98. The number of fused-ring (bicyclic) bond motifs is 3. The van der Waals surface area contributed by atoms with Crippen LogP contribution in [-0.2, 0) is 12.8 Å². The lowest BCUT2D eigenvalue weighted by molar-refractivity contribution is 0.628. The van der Waals surface area contributed by atoms with E-state index in [1.54, 1.807) is 12.1 Å². The zero-order valence-corrected chi connectivity index (χ0v) is 11.7. The highest BCUT2D eigenvalue weighted by Gasteiger charge is 2.17. The number of aromatic amines is 1. The number of hydrogen-bond donors (Lipinski definition) is 2. The number of rotatable bonds is 1. The largest absolute Gasteiger partial charge is 0.358 e. The van der Waals surface area contributed by atoms with Gasteiger partial charge in [-0.25, -0.2) is 4.39 Å². The van der Waals surface area contributed by atoms with Crippen LogP contribution in [0.1, 0.15) is 11.3 Å². The summed E-state index contributed by atoms with van der Waals surface area (Å²) in [5.74, 6) is -0.187. The second-order valence-corrected chi connectivity index (χ2v) is 5.57. The van der Waals surface area contributed by atoms with Crippen molar-refractivity contribution in [3.05, 3.63) is 59.5 Å². The van der Waals surface area contributed by atoms with Crippen molar-refractivity contribution in [2.24, 2.45) is 0 Å². The lowest BCUT2D eigenvalue weighted by Crippen LogP contribution is -2.16. The van der Waals surface area contributed by atoms with Crippen LogP contribution in [0.4, 0.5) is 4.39 Å². The maximum absolute atomic E-state index is 13.6. The molecule has 4 rings (SSSR count). The van der Waals surface area contributed by atoms with Crippen LogP contribution in [0.2, 0.25) is 0 Å². The van der Waals surface area contributed by atoms with Crippen molar-refractivity contribution in [2.45, 2.75) is 12.8 Å². The standard InChI is InChI=1S/C18H17FN2/c19-13-4-1-3-12(11-13)14-5-2-6-17-18(14)15-7-9-20-10-8-16(15)21-17/h1-6,11,20-21H,7-10H2. The molecule has 3 aromatic rings. The molecule has 0 unspecified atom stereocenters. The first kappa shape index (κ1) is 12.6. The molecule has 0 amide bonds. The molecule has 0 spiro atoms. The van der Waals surface area contributed by atoms with Crippen LogP contribution in [0, 0.1) is 5.82 Å². The molecule has 0 radical (unpaired) electrons. The minimum Gasteiger partial charge on any atom is -0.358 e. The molecule has 0 saturated carbocycles. The van der Waals surface area contributed by atoms with Crippen molar-refractivity contribution < 1.29 is 4.39 Å². The van der Waals surface area contributed by atoms with E-state index in [4.69, 9.17) is 0 Å². The summed E-state index contributed by atoms with van der Waals surface area (Å²) in [6, 6.07) is 13.1. The zero-order chi connectivity index (χ0) is 14.2. The summed E-state index contributed by atoms with van der Waals surface area (Å²) in [4.78, 5) is 3.55. The predicted molar refractivity (Wildman–Crippen MR) is 84.0 cm³/mol. The average molecular weight is 280 g/mol. The van der Waals surface area contributed by atoms with Gasteiger partial charge < -0.3 is 10.3 Å². The number of aromatic nitrogens is 1. The third-order valence-corrected chi connectivity index (χ3v) is 4.26. The van der Waals surface area contributed by atoms with Gasteiger partial charge >= 0.3 is 0 Å². The van der Waals surface area contributed by atoms with Gasteiger partial charge in [-0.3, -0.25) is 0 Å². The normalized spacial score (nSPS) is 14.9. The maximum atomic E-state index is 13.6. The van der Waals surface area contributed by atoms with Crippen LogP contribution in [-0.4, -0.2) is 18.1 Å². The summed E-state index contributed by atoms with van der Waals surface area (Å²) in [6.45, 7) is 2.01. The van der Waals surface area contributed by atoms with Gasteiger partial charge in [-0.1, -0.05) is 24.3 Å². The lowest BCUT2D eigenvalue weighted by Gasteiger charge is -2.07. The van der Waals surface area contributed by atoms with Crippen LogP contribution in [0.3, 0.4) is 0 Å². The van der Waals surface area contributed by atoms with Crippen LogP contribution in [0.5, 0.6) is 0 Å². The lowest BCUT2D eigenvalue weighted by atomic mass is 9.97. The van der Waals surface area contributed by atoms with Crippen LogP contribution >= 0.6 is 0 Å². The SMILES string of the molecule is Fc1cccc(-c2cccc3[nH]c4c(c23)CCNCC4)c1. The molecule has 3 heteroatoms. The minimum atomic E-state index is -0.187. The Bertz CT molecular complexity index is 804. The molecule has 0 fully saturated rings. The van der Waals surface area contributed by atoms with Gasteiger partial charge in [0.15, 0.2) is 0 Å². The summed E-state index contributed by atoms with van der Waals surface area (Å²) in [5, 5.41) is 4.68. The molecule has 21 heavy (non-hydrogen) atoms. The molecule has 2 nitrogen and oxygen atoms in total. The summed E-state index contributed by atoms with van der Waals surface area (Å²) in [7, 11) is 0. The first-order valence-corrected chi connectivity index (χ1v) is 7.42. The molecule has 0 saturated heterocycles. The van der Waals surface area contributed by atoms with E-state index in [-0.39, 0.29) is 5.82 Å². The second-order valence-electron chi connectivity index (χ2n) is 5.57. The van der Waals surface area contributed by atoms with E-state index in [0.29, 0.717) is 0 Å². The maximum Gasteiger partial charge on any atom is 0.123 e. The third-order valence-electron chi connectivity index (χ3n) is 4.26. The fraction of sp³-hybridized carbons (Fsp3) is 0.222. The van der Waals surface area contributed by atoms with Gasteiger partial charge in [-0.15, -0.1) is 0 Å². The van der Waals surface area contributed by atoms with Gasteiger partial charge in [-0.2, -0.15) is 0 Å². The van der Waals surface area contributed by atoms with Gasteiger partial charge in [0, 0.05) is 29.6 Å². The molecule has 0 aliphatic carbocycles. The Labute approximate surface area is 123 Å². The van der Waals surface area contributed by atoms with Gasteiger partial charge in [0.05, 0.1) is 0 Å². The van der Waals surface area contributed by atoms with Crippen LogP contribution in [0.25, 0.3) is 22.0 Å². The Kier molecular flexibility index (Phi) is 3.00. The molecule has 0 atom stereocenters. The van der Waals surface area contributed by atoms with Gasteiger partial charge in [0.1, 0.15) is 5.82 Å². The quantitative estimate of drug-likeness (QED) is 0.699. The highest BCUT2D eigenvalue weighted by Crippen LogP contribution is 2.34. The molecule has 2 N–H and O–H groups in total. The molecular weight excluding hydrogens is 263 g/mol. The van der Waals surface area contributed by atoms with Crippen molar-refractivity contribution >= 4 is 10.9 Å². The summed E-state index contributed by atoms with van der Waals surface area (Å²) >= 11 is 0. The zero-order valence-electron chi connectivity index (χ0n) is 11.7. The third kappa shape index (κ3) is 2.14. The van der Waals surface area contributed by atoms with Crippen molar-refractivity contribution in [1.82, 2.24) is 10.3 Å². The Morgan fingerprint density at radius 3 is 2.71 bits per heavy atom. The van der Waals surface area contributed by atoms with E-state index in [1.807, 2.05) is 12.1 Å². The van der Waals surface area contributed by atoms with Crippen molar-refractivity contribution in [2.75, 3.05) is 13.1 Å². The number of hydrogen-bond acceptors (Lipinski definition) is 1. The molecule has 106 valence electrons. The van der Waals surface area contributed by atoms with E-state index in [9.17, 15) is 4.39 Å². The number of benzene rings is 2. The summed E-state index contributed by atoms with van der Waals surface area (Å²) < 4.78 is 13.6. The van der Waals surface area contributed by atoms with E-state index in [2.05, 4.69) is 22.4 Å². The first-order valence-electron chi connectivity index (χ1n) is 7.42. The molecule has 2 heterocycles. The Balaban J connectivity index is 1.99. The molecule has 1 aliphatic heterocycles. The molecule has 2 aromatic carbocycles. The van der Waals surface area contributed by atoms with E-state index in [1.165, 1.54) is 22.7 Å². The Morgan fingerprint density at radius 2 is 1.81 bits per heavy atom. The molecule has 1 aliphatic rings. The number of H-pyrrole nitrogens is 1. The summed E-state index contributed by atoms with van der Waals surface area (Å²) in [5.41, 5.74) is 5.92. The van der Waals surface area contributed by atoms with Crippen molar-refractivity contribution in [3.8, 4) is 11.1 Å². The van der Waals surface area contributed by atoms with Crippen LogP contribution in [0.15, 0.2) is 42.5 Å². The van der Waals surface area contributed by atoms with Crippen LogP contribution < -0.4 is 5.32 Å². The van der Waals surface area contributed by atoms with E-state index in [0.717, 1.165) is 42.6 Å². The van der Waals surface area contributed by atoms with Crippen molar-refractivity contribution in [3.63, 3.8) is 0 Å². The Morgan fingerprint density at radius 1 is 0.952 bits per heavy atom. The fourth-order valence-electron chi connectivity index (χ4n) is 3.31. The van der Waals surface area contributed by atoms with Crippen molar-refractivity contribution in [1.29, 1.82) is 0 Å².